The van der Waals surface area contributed by atoms with E-state index in [2.05, 4.69) is 45.1 Å². The highest BCUT2D eigenvalue weighted by molar-refractivity contribution is 6.62. The van der Waals surface area contributed by atoms with Gasteiger partial charge in [0.25, 0.3) is 0 Å². The first kappa shape index (κ1) is 17.5. The van der Waals surface area contributed by atoms with Crippen molar-refractivity contribution in [2.45, 2.75) is 88.7 Å². The minimum atomic E-state index is -0.749. The highest BCUT2D eigenvalue weighted by atomic mass is 16.7. The Morgan fingerprint density at radius 3 is 2.24 bits per heavy atom. The molecule has 0 aliphatic carbocycles. The molecule has 2 unspecified atom stereocenters. The van der Waals surface area contributed by atoms with E-state index in [0.717, 1.165) is 36.7 Å². The summed E-state index contributed by atoms with van der Waals surface area (Å²) >= 11 is 0. The Balaban J connectivity index is 1.60. The van der Waals surface area contributed by atoms with Gasteiger partial charge in [0.15, 0.2) is 0 Å². The van der Waals surface area contributed by atoms with Crippen LogP contribution in [0.25, 0.3) is 0 Å². The number of hydrogen-bond acceptors (Lipinski definition) is 4. The van der Waals surface area contributed by atoms with Crippen molar-refractivity contribution in [2.75, 3.05) is 0 Å². The van der Waals surface area contributed by atoms with Crippen LogP contribution in [0.1, 0.15) is 65.4 Å². The van der Waals surface area contributed by atoms with Crippen LogP contribution in [0.5, 0.6) is 0 Å². The Bertz CT molecular complexity index is 632. The third-order valence-corrected chi connectivity index (χ3v) is 6.69. The number of hydrogen-bond donors (Lipinski definition) is 2. The van der Waals surface area contributed by atoms with Crippen LogP contribution < -0.4 is 10.8 Å². The van der Waals surface area contributed by atoms with E-state index in [0.29, 0.717) is 12.1 Å². The van der Waals surface area contributed by atoms with Crippen LogP contribution in [0.4, 0.5) is 0 Å². The Morgan fingerprint density at radius 2 is 1.64 bits per heavy atom. The van der Waals surface area contributed by atoms with Crippen molar-refractivity contribution in [3.05, 3.63) is 29.8 Å². The van der Waals surface area contributed by atoms with E-state index in [1.54, 1.807) is 0 Å². The molecule has 0 aromatic heterocycles. The fourth-order valence-electron chi connectivity index (χ4n) is 4.52. The molecule has 3 aliphatic heterocycles. The van der Waals surface area contributed by atoms with E-state index in [1.165, 1.54) is 6.42 Å². The molecule has 0 amide bonds. The zero-order valence-electron chi connectivity index (χ0n) is 15.8. The maximum absolute atomic E-state index is 11.4. The fourth-order valence-corrected chi connectivity index (χ4v) is 4.52. The number of rotatable bonds is 2. The predicted octanol–water partition coefficient (Wildman–Crippen LogP) is 2.48. The van der Waals surface area contributed by atoms with Crippen LogP contribution in [0.15, 0.2) is 24.3 Å². The van der Waals surface area contributed by atoms with E-state index in [-0.39, 0.29) is 18.3 Å². The lowest BCUT2D eigenvalue weighted by molar-refractivity contribution is -0.0358. The van der Waals surface area contributed by atoms with Crippen molar-refractivity contribution in [3.8, 4) is 0 Å². The average molecular weight is 343 g/mol. The van der Waals surface area contributed by atoms with Gasteiger partial charge in [-0.1, -0.05) is 30.7 Å². The van der Waals surface area contributed by atoms with Gasteiger partial charge in [-0.2, -0.15) is 0 Å². The van der Waals surface area contributed by atoms with Crippen LogP contribution >= 0.6 is 0 Å². The summed E-state index contributed by atoms with van der Waals surface area (Å²) < 4.78 is 12.4. The third-order valence-electron chi connectivity index (χ3n) is 6.69. The molecule has 4 nitrogen and oxygen atoms in total. The van der Waals surface area contributed by atoms with Gasteiger partial charge in [0.2, 0.25) is 0 Å². The maximum atomic E-state index is 11.4. The Kier molecular flexibility index (Phi) is 4.08. The zero-order valence-corrected chi connectivity index (χ0v) is 15.8. The highest BCUT2D eigenvalue weighted by Crippen LogP contribution is 2.40. The van der Waals surface area contributed by atoms with Crippen molar-refractivity contribution >= 4 is 12.6 Å². The normalized spacial score (nSPS) is 36.4. The number of piperidine rings is 2. The van der Waals surface area contributed by atoms with Crippen LogP contribution in [0.3, 0.4) is 0 Å². The molecule has 136 valence electrons. The van der Waals surface area contributed by atoms with E-state index < -0.39 is 5.60 Å². The van der Waals surface area contributed by atoms with Crippen LogP contribution in [-0.4, -0.2) is 35.5 Å². The maximum Gasteiger partial charge on any atom is 0.494 e. The predicted molar refractivity (Wildman–Crippen MR) is 99.9 cm³/mol. The summed E-state index contributed by atoms with van der Waals surface area (Å²) in [6.45, 7) is 8.27. The first-order valence-corrected chi connectivity index (χ1v) is 9.63. The molecule has 1 aromatic carbocycles. The molecule has 4 rings (SSSR count). The van der Waals surface area contributed by atoms with Gasteiger partial charge in [0, 0.05) is 12.1 Å². The van der Waals surface area contributed by atoms with Crippen molar-refractivity contribution in [3.63, 3.8) is 0 Å². The number of aliphatic hydroxyl groups is 1. The average Bonchev–Trinajstić information content (AvgIpc) is 2.75. The second-order valence-electron chi connectivity index (χ2n) is 9.14. The minimum absolute atomic E-state index is 0.351. The molecule has 2 atom stereocenters. The fraction of sp³-hybridized carbons (Fsp3) is 0.700. The van der Waals surface area contributed by atoms with Gasteiger partial charge >= 0.3 is 7.12 Å². The summed E-state index contributed by atoms with van der Waals surface area (Å²) in [6, 6.07) is 9.05. The third kappa shape index (κ3) is 3.05. The summed E-state index contributed by atoms with van der Waals surface area (Å²) in [5, 5.41) is 15.1. The van der Waals surface area contributed by atoms with Crippen LogP contribution in [0, 0.1) is 0 Å². The molecule has 1 aromatic rings. The van der Waals surface area contributed by atoms with Crippen molar-refractivity contribution in [1.29, 1.82) is 0 Å². The zero-order chi connectivity index (χ0) is 17.9. The van der Waals surface area contributed by atoms with E-state index in [1.807, 2.05) is 12.1 Å². The van der Waals surface area contributed by atoms with Gasteiger partial charge in [-0.3, -0.25) is 0 Å². The molecule has 3 saturated heterocycles. The van der Waals surface area contributed by atoms with Gasteiger partial charge in [0.05, 0.1) is 16.8 Å². The summed E-state index contributed by atoms with van der Waals surface area (Å²) in [5.41, 5.74) is 0.541. The number of benzene rings is 1. The monoisotopic (exact) mass is 343 g/mol. The van der Waals surface area contributed by atoms with Gasteiger partial charge in [-0.25, -0.2) is 0 Å². The van der Waals surface area contributed by atoms with Gasteiger partial charge < -0.3 is 19.7 Å². The first-order valence-electron chi connectivity index (χ1n) is 9.63. The van der Waals surface area contributed by atoms with Crippen LogP contribution in [-0.2, 0) is 14.9 Å². The summed E-state index contributed by atoms with van der Waals surface area (Å²) in [7, 11) is -0.380. The summed E-state index contributed by atoms with van der Waals surface area (Å²) in [5.74, 6) is 0. The molecular weight excluding hydrogens is 313 g/mol. The molecule has 2 bridgehead atoms. The smallest absolute Gasteiger partial charge is 0.399 e. The molecule has 0 spiro atoms. The first-order chi connectivity index (χ1) is 11.7. The van der Waals surface area contributed by atoms with E-state index in [4.69, 9.17) is 9.31 Å². The standard InChI is InChI=1S/C20H30BNO3/c1-18(2)19(3,4)25-21(24-18)15-8-5-7-14(11-15)20(23)12-16-9-6-10-17(13-20)22-16/h5,7-8,11,16-17,22-23H,6,9-10,12-13H2,1-4H3. The number of fused-ring (bicyclic) bond motifs is 2. The largest absolute Gasteiger partial charge is 0.494 e. The summed E-state index contributed by atoms with van der Waals surface area (Å²) in [6.07, 6.45) is 5.17. The highest BCUT2D eigenvalue weighted by Gasteiger charge is 2.52. The molecule has 0 saturated carbocycles. The topological polar surface area (TPSA) is 50.7 Å². The minimum Gasteiger partial charge on any atom is -0.399 e. The van der Waals surface area contributed by atoms with Crippen molar-refractivity contribution in [1.82, 2.24) is 5.32 Å². The molecule has 2 N–H and O–H groups in total. The molecule has 25 heavy (non-hydrogen) atoms. The second kappa shape index (κ2) is 5.81. The molecule has 3 heterocycles. The van der Waals surface area contributed by atoms with Gasteiger partial charge in [-0.15, -0.1) is 0 Å². The Hall–Kier alpha value is -0.875. The summed E-state index contributed by atoms with van der Waals surface area (Å²) in [4.78, 5) is 0. The molecule has 3 aliphatic rings. The lowest BCUT2D eigenvalue weighted by Crippen LogP contribution is -2.54. The van der Waals surface area contributed by atoms with Crippen molar-refractivity contribution < 1.29 is 14.4 Å². The lowest BCUT2D eigenvalue weighted by Gasteiger charge is -2.45. The second-order valence-corrected chi connectivity index (χ2v) is 9.14. The van der Waals surface area contributed by atoms with Crippen molar-refractivity contribution in [2.24, 2.45) is 0 Å². The van der Waals surface area contributed by atoms with Gasteiger partial charge in [-0.05, 0) is 64.4 Å². The molecule has 0 radical (unpaired) electrons. The van der Waals surface area contributed by atoms with Crippen LogP contribution in [0.2, 0.25) is 0 Å². The number of nitrogens with one attached hydrogen (secondary N) is 1. The van der Waals surface area contributed by atoms with E-state index in [9.17, 15) is 5.11 Å². The Morgan fingerprint density at radius 1 is 1.04 bits per heavy atom. The quantitative estimate of drug-likeness (QED) is 0.810. The SMILES string of the molecule is CC1(C)OB(c2cccc(C3(O)CC4CCCC(C3)N4)c2)OC1(C)C. The van der Waals surface area contributed by atoms with Gasteiger partial charge in [0.1, 0.15) is 0 Å². The molecule has 3 fully saturated rings. The lowest BCUT2D eigenvalue weighted by atomic mass is 9.71. The molecule has 5 heteroatoms. The Labute approximate surface area is 151 Å². The molecular formula is C20H30BNO3. The van der Waals surface area contributed by atoms with E-state index >= 15 is 0 Å².